The van der Waals surface area contributed by atoms with E-state index in [-0.39, 0.29) is 25.0 Å². The van der Waals surface area contributed by atoms with Crippen molar-refractivity contribution in [3.8, 4) is 11.8 Å². The summed E-state index contributed by atoms with van der Waals surface area (Å²) in [5.74, 6) is 5.00. The van der Waals surface area contributed by atoms with Crippen molar-refractivity contribution in [3.05, 3.63) is 21.9 Å². The lowest BCUT2D eigenvalue weighted by Crippen LogP contribution is -2.49. The molecule has 1 fully saturated rings. The van der Waals surface area contributed by atoms with Crippen molar-refractivity contribution in [1.29, 1.82) is 0 Å². The Kier molecular flexibility index (Phi) is 3.97. The van der Waals surface area contributed by atoms with E-state index in [9.17, 15) is 9.59 Å². The van der Waals surface area contributed by atoms with E-state index >= 15 is 0 Å². The average molecular weight is 264 g/mol. The number of hydrogen-bond acceptors (Lipinski definition) is 4. The Morgan fingerprint density at radius 1 is 1.56 bits per heavy atom. The molecule has 5 nitrogen and oxygen atoms in total. The molecule has 2 rings (SSSR count). The number of thiophene rings is 1. The summed E-state index contributed by atoms with van der Waals surface area (Å²) in [6, 6.07) is 3.44. The number of carbonyl (C=O) groups excluding carboxylic acids is 2. The van der Waals surface area contributed by atoms with Crippen molar-refractivity contribution < 1.29 is 14.7 Å². The Hall–Kier alpha value is -1.84. The summed E-state index contributed by atoms with van der Waals surface area (Å²) in [6.07, 6.45) is 0. The van der Waals surface area contributed by atoms with Gasteiger partial charge in [-0.25, -0.2) is 0 Å². The molecule has 0 spiro atoms. The largest absolute Gasteiger partial charge is 0.384 e. The maximum Gasteiger partial charge on any atom is 0.264 e. The Bertz CT molecular complexity index is 527. The molecular formula is C12H12N2O3S. The lowest BCUT2D eigenvalue weighted by Gasteiger charge is -2.26. The molecule has 2 N–H and O–H groups in total. The highest BCUT2D eigenvalue weighted by atomic mass is 32.1. The highest BCUT2D eigenvalue weighted by Gasteiger charge is 2.23. The molecule has 94 valence electrons. The summed E-state index contributed by atoms with van der Waals surface area (Å²) in [5.41, 5.74) is 0. The number of hydrogen-bond donors (Lipinski definition) is 2. The second-order valence-corrected chi connectivity index (χ2v) is 4.78. The van der Waals surface area contributed by atoms with Crippen LogP contribution in [0.3, 0.4) is 0 Å². The highest BCUT2D eigenvalue weighted by molar-refractivity contribution is 7.14. The zero-order valence-corrected chi connectivity index (χ0v) is 10.4. The van der Waals surface area contributed by atoms with Gasteiger partial charge < -0.3 is 15.3 Å². The van der Waals surface area contributed by atoms with E-state index in [1.807, 2.05) is 0 Å². The first-order chi connectivity index (χ1) is 8.70. The SMILES string of the molecule is O=C1CN(C(=O)c2ccc(C#CCO)s2)CCN1. The molecule has 1 aromatic heterocycles. The molecule has 0 bridgehead atoms. The number of nitrogens with one attached hydrogen (secondary N) is 1. The first-order valence-corrected chi connectivity index (χ1v) is 6.28. The summed E-state index contributed by atoms with van der Waals surface area (Å²) < 4.78 is 0. The third-order valence-corrected chi connectivity index (χ3v) is 3.42. The van der Waals surface area contributed by atoms with Crippen molar-refractivity contribution in [3.63, 3.8) is 0 Å². The Balaban J connectivity index is 2.08. The molecule has 1 aliphatic heterocycles. The fourth-order valence-corrected chi connectivity index (χ4v) is 2.46. The molecule has 2 amide bonds. The minimum absolute atomic E-state index is 0.106. The quantitative estimate of drug-likeness (QED) is 0.682. The highest BCUT2D eigenvalue weighted by Crippen LogP contribution is 2.17. The van der Waals surface area contributed by atoms with Crippen LogP contribution in [0.5, 0.6) is 0 Å². The number of aliphatic hydroxyl groups excluding tert-OH is 1. The van der Waals surface area contributed by atoms with Gasteiger partial charge in [-0.15, -0.1) is 11.3 Å². The summed E-state index contributed by atoms with van der Waals surface area (Å²) in [5, 5.41) is 11.3. The van der Waals surface area contributed by atoms with Gasteiger partial charge in [0.1, 0.15) is 6.61 Å². The van der Waals surface area contributed by atoms with Crippen LogP contribution in [-0.2, 0) is 4.79 Å². The van der Waals surface area contributed by atoms with E-state index in [4.69, 9.17) is 5.11 Å². The average Bonchev–Trinajstić information content (AvgIpc) is 2.84. The van der Waals surface area contributed by atoms with E-state index in [0.29, 0.717) is 18.0 Å². The van der Waals surface area contributed by atoms with Gasteiger partial charge in [0.15, 0.2) is 0 Å². The summed E-state index contributed by atoms with van der Waals surface area (Å²) in [6.45, 7) is 0.926. The van der Waals surface area contributed by atoms with Crippen LogP contribution in [-0.4, -0.2) is 48.1 Å². The van der Waals surface area contributed by atoms with Crippen molar-refractivity contribution in [2.45, 2.75) is 0 Å². The maximum absolute atomic E-state index is 12.1. The van der Waals surface area contributed by atoms with Crippen molar-refractivity contribution in [2.75, 3.05) is 26.2 Å². The predicted octanol–water partition coefficient (Wildman–Crippen LogP) is -0.336. The van der Waals surface area contributed by atoms with Gasteiger partial charge in [-0.2, -0.15) is 0 Å². The van der Waals surface area contributed by atoms with E-state index in [2.05, 4.69) is 17.2 Å². The Morgan fingerprint density at radius 2 is 2.39 bits per heavy atom. The molecule has 0 atom stereocenters. The number of carbonyl (C=O) groups is 2. The van der Waals surface area contributed by atoms with Gasteiger partial charge >= 0.3 is 0 Å². The first kappa shape index (κ1) is 12.6. The third-order valence-electron chi connectivity index (χ3n) is 2.43. The number of piperazine rings is 1. The normalized spacial score (nSPS) is 14.7. The van der Waals surface area contributed by atoms with Gasteiger partial charge in [0.25, 0.3) is 5.91 Å². The molecule has 18 heavy (non-hydrogen) atoms. The van der Waals surface area contributed by atoms with Crippen molar-refractivity contribution >= 4 is 23.2 Å². The minimum atomic E-state index is -0.201. The third kappa shape index (κ3) is 2.88. The molecular weight excluding hydrogens is 252 g/mol. The Labute approximate surface area is 108 Å². The summed E-state index contributed by atoms with van der Waals surface area (Å²) in [7, 11) is 0. The van der Waals surface area contributed by atoms with Crippen molar-refractivity contribution in [1.82, 2.24) is 10.2 Å². The molecule has 1 aliphatic rings. The fourth-order valence-electron chi connectivity index (χ4n) is 1.61. The van der Waals surface area contributed by atoms with Crippen LogP contribution in [0.2, 0.25) is 0 Å². The number of aliphatic hydroxyl groups is 1. The summed E-state index contributed by atoms with van der Waals surface area (Å²) >= 11 is 1.27. The maximum atomic E-state index is 12.1. The monoisotopic (exact) mass is 264 g/mol. The van der Waals surface area contributed by atoms with E-state index in [0.717, 1.165) is 4.88 Å². The van der Waals surface area contributed by atoms with Gasteiger partial charge in [0.2, 0.25) is 5.91 Å². The number of nitrogens with zero attached hydrogens (tertiary/aromatic N) is 1. The molecule has 1 aromatic rings. The van der Waals surface area contributed by atoms with Gasteiger partial charge in [0.05, 0.1) is 16.3 Å². The van der Waals surface area contributed by atoms with Crippen LogP contribution in [0.15, 0.2) is 12.1 Å². The van der Waals surface area contributed by atoms with Gasteiger partial charge in [-0.3, -0.25) is 9.59 Å². The topological polar surface area (TPSA) is 69.6 Å². The zero-order valence-electron chi connectivity index (χ0n) is 9.60. The predicted molar refractivity (Wildman–Crippen MR) is 67.2 cm³/mol. The van der Waals surface area contributed by atoms with E-state index in [1.54, 1.807) is 12.1 Å². The minimum Gasteiger partial charge on any atom is -0.384 e. The van der Waals surface area contributed by atoms with Crippen LogP contribution in [0, 0.1) is 11.8 Å². The molecule has 0 radical (unpaired) electrons. The molecule has 6 heteroatoms. The van der Waals surface area contributed by atoms with Gasteiger partial charge in [0, 0.05) is 13.1 Å². The lowest BCUT2D eigenvalue weighted by atomic mass is 10.3. The fraction of sp³-hybridized carbons (Fsp3) is 0.333. The van der Waals surface area contributed by atoms with Gasteiger partial charge in [-0.1, -0.05) is 11.8 Å². The second-order valence-electron chi connectivity index (χ2n) is 3.70. The lowest BCUT2D eigenvalue weighted by molar-refractivity contribution is -0.123. The standard InChI is InChI=1S/C12H12N2O3S/c15-7-1-2-9-3-4-10(18-9)12(17)14-6-5-13-11(16)8-14/h3-4,15H,5-8H2,(H,13,16). The van der Waals surface area contributed by atoms with Crippen LogP contribution in [0.4, 0.5) is 0 Å². The number of rotatable bonds is 1. The molecule has 0 aromatic carbocycles. The molecule has 0 unspecified atom stereocenters. The summed E-state index contributed by atoms with van der Waals surface area (Å²) in [4.78, 5) is 26.1. The first-order valence-electron chi connectivity index (χ1n) is 5.46. The van der Waals surface area contributed by atoms with Crippen LogP contribution >= 0.6 is 11.3 Å². The Morgan fingerprint density at radius 3 is 3.11 bits per heavy atom. The molecule has 0 aliphatic carbocycles. The smallest absolute Gasteiger partial charge is 0.264 e. The van der Waals surface area contributed by atoms with Crippen LogP contribution in [0.25, 0.3) is 0 Å². The molecule has 2 heterocycles. The van der Waals surface area contributed by atoms with Gasteiger partial charge in [-0.05, 0) is 12.1 Å². The molecule has 0 saturated carbocycles. The van der Waals surface area contributed by atoms with Crippen LogP contribution in [0.1, 0.15) is 14.5 Å². The van der Waals surface area contributed by atoms with E-state index < -0.39 is 0 Å². The second kappa shape index (κ2) is 5.67. The van der Waals surface area contributed by atoms with Crippen molar-refractivity contribution in [2.24, 2.45) is 0 Å². The van der Waals surface area contributed by atoms with E-state index in [1.165, 1.54) is 16.2 Å². The zero-order chi connectivity index (χ0) is 13.0. The van der Waals surface area contributed by atoms with Crippen LogP contribution < -0.4 is 5.32 Å². The number of amides is 2. The molecule has 1 saturated heterocycles.